The Labute approximate surface area is 70.8 Å². The molecule has 0 aromatic heterocycles. The van der Waals surface area contributed by atoms with Gasteiger partial charge in [-0.1, -0.05) is 12.2 Å². The van der Waals surface area contributed by atoms with Crippen molar-refractivity contribution in [3.05, 3.63) is 0 Å². The molecule has 0 atom stereocenters. The summed E-state index contributed by atoms with van der Waals surface area (Å²) in [6.45, 7) is 0.915. The third-order valence-corrected chi connectivity index (χ3v) is 3.91. The van der Waals surface area contributed by atoms with Crippen LogP contribution in [-0.2, 0) is 13.6 Å². The predicted molar refractivity (Wildman–Crippen MR) is 45.8 cm³/mol. The first-order valence-electron chi connectivity index (χ1n) is 3.30. The van der Waals surface area contributed by atoms with Crippen LogP contribution in [0, 0.1) is 0 Å². The summed E-state index contributed by atoms with van der Waals surface area (Å²) in [4.78, 5) is 0. The Hall–Kier alpha value is 0.0400. The molecular formula is C5H10NO3PS. The van der Waals surface area contributed by atoms with Gasteiger partial charge in [0.25, 0.3) is 0 Å². The van der Waals surface area contributed by atoms with Crippen molar-refractivity contribution in [1.29, 1.82) is 0 Å². The number of hydrogen-bond donors (Lipinski definition) is 1. The largest absolute Gasteiger partial charge is 0.388 e. The standard InChI is InChI=1S/C5H10NO3PS/c1-6-5(11)10(7)8-3-2-4-9-10/h2-4H2,1H3,(H,6,11). The van der Waals surface area contributed by atoms with Crippen LogP contribution in [-0.4, -0.2) is 25.0 Å². The summed E-state index contributed by atoms with van der Waals surface area (Å²) in [5.74, 6) is 0. The third kappa shape index (κ3) is 1.99. The van der Waals surface area contributed by atoms with Crippen LogP contribution in [0.3, 0.4) is 0 Å². The Morgan fingerprint density at radius 3 is 2.55 bits per heavy atom. The first-order valence-corrected chi connectivity index (χ1v) is 5.25. The van der Waals surface area contributed by atoms with E-state index < -0.39 is 7.60 Å². The molecular weight excluding hydrogens is 185 g/mol. The average Bonchev–Trinajstić information content (AvgIpc) is 2.04. The van der Waals surface area contributed by atoms with Crippen LogP contribution >= 0.6 is 19.8 Å². The molecule has 64 valence electrons. The van der Waals surface area contributed by atoms with Crippen LogP contribution in [0.2, 0.25) is 0 Å². The van der Waals surface area contributed by atoms with E-state index in [2.05, 4.69) is 5.32 Å². The minimum atomic E-state index is -3.08. The summed E-state index contributed by atoms with van der Waals surface area (Å²) in [5, 5.41) is 2.59. The van der Waals surface area contributed by atoms with Gasteiger partial charge in [-0.25, -0.2) is 0 Å². The molecule has 1 aliphatic rings. The van der Waals surface area contributed by atoms with E-state index in [-0.39, 0.29) is 4.73 Å². The number of hydrogen-bond acceptors (Lipinski definition) is 4. The summed E-state index contributed by atoms with van der Waals surface area (Å²) in [7, 11) is -1.48. The molecule has 0 bridgehead atoms. The van der Waals surface area contributed by atoms with Crippen molar-refractivity contribution in [1.82, 2.24) is 5.32 Å². The topological polar surface area (TPSA) is 47.6 Å². The Kier molecular flexibility index (Phi) is 3.01. The van der Waals surface area contributed by atoms with E-state index in [9.17, 15) is 4.57 Å². The van der Waals surface area contributed by atoms with Gasteiger partial charge in [0.05, 0.1) is 13.2 Å². The Bertz CT molecular complexity index is 198. The maximum atomic E-state index is 11.5. The van der Waals surface area contributed by atoms with E-state index in [1.54, 1.807) is 7.05 Å². The highest BCUT2D eigenvalue weighted by atomic mass is 32.1. The van der Waals surface area contributed by atoms with Gasteiger partial charge in [-0.3, -0.25) is 4.57 Å². The minimum absolute atomic E-state index is 0.164. The van der Waals surface area contributed by atoms with Crippen molar-refractivity contribution in [2.24, 2.45) is 0 Å². The predicted octanol–water partition coefficient (Wildman–Crippen LogP) is 1.12. The Morgan fingerprint density at radius 2 is 2.09 bits per heavy atom. The molecule has 0 saturated carbocycles. The summed E-state index contributed by atoms with van der Waals surface area (Å²) in [6.07, 6.45) is 0.774. The number of thiocarbonyl (C=S) groups is 1. The quantitative estimate of drug-likeness (QED) is 0.502. The zero-order valence-electron chi connectivity index (χ0n) is 6.20. The fourth-order valence-corrected chi connectivity index (χ4v) is 2.36. The van der Waals surface area contributed by atoms with Gasteiger partial charge in [-0.05, 0) is 6.42 Å². The molecule has 0 aromatic carbocycles. The zero-order valence-corrected chi connectivity index (χ0v) is 7.91. The van der Waals surface area contributed by atoms with Gasteiger partial charge in [0.1, 0.15) is 0 Å². The minimum Gasteiger partial charge on any atom is -0.373 e. The van der Waals surface area contributed by atoms with Gasteiger partial charge in [0, 0.05) is 7.05 Å². The molecule has 11 heavy (non-hydrogen) atoms. The summed E-state index contributed by atoms with van der Waals surface area (Å²) >= 11 is 4.76. The van der Waals surface area contributed by atoms with Gasteiger partial charge in [0.2, 0.25) is 0 Å². The van der Waals surface area contributed by atoms with E-state index in [1.807, 2.05) is 0 Å². The van der Waals surface area contributed by atoms with E-state index in [0.717, 1.165) is 6.42 Å². The summed E-state index contributed by atoms with van der Waals surface area (Å²) < 4.78 is 21.6. The van der Waals surface area contributed by atoms with Crippen LogP contribution in [0.15, 0.2) is 0 Å². The molecule has 4 nitrogen and oxygen atoms in total. The van der Waals surface area contributed by atoms with Crippen molar-refractivity contribution in [3.8, 4) is 0 Å². The molecule has 1 rings (SSSR count). The first-order chi connectivity index (χ1) is 5.19. The van der Waals surface area contributed by atoms with Crippen LogP contribution in [0.5, 0.6) is 0 Å². The molecule has 0 unspecified atom stereocenters. The summed E-state index contributed by atoms with van der Waals surface area (Å²) in [6, 6.07) is 0. The average molecular weight is 195 g/mol. The van der Waals surface area contributed by atoms with E-state index in [0.29, 0.717) is 13.2 Å². The maximum Gasteiger partial charge on any atom is 0.388 e. The normalized spacial score (nSPS) is 22.6. The second-order valence-corrected chi connectivity index (χ2v) is 4.74. The van der Waals surface area contributed by atoms with E-state index in [4.69, 9.17) is 21.3 Å². The summed E-state index contributed by atoms with van der Waals surface area (Å²) in [5.41, 5.74) is 0. The molecule has 0 aliphatic carbocycles. The number of nitrogens with one attached hydrogen (secondary N) is 1. The Morgan fingerprint density at radius 1 is 1.55 bits per heavy atom. The highest BCUT2D eigenvalue weighted by Crippen LogP contribution is 2.50. The zero-order chi connectivity index (χ0) is 8.32. The second-order valence-electron chi connectivity index (χ2n) is 2.07. The van der Waals surface area contributed by atoms with E-state index in [1.165, 1.54) is 0 Å². The van der Waals surface area contributed by atoms with Crippen LogP contribution in [0.25, 0.3) is 0 Å². The molecule has 6 heteroatoms. The smallest absolute Gasteiger partial charge is 0.373 e. The van der Waals surface area contributed by atoms with Gasteiger partial charge in [-0.2, -0.15) is 0 Å². The van der Waals surface area contributed by atoms with Gasteiger partial charge in [-0.15, -0.1) is 0 Å². The van der Waals surface area contributed by atoms with Crippen molar-refractivity contribution < 1.29 is 13.6 Å². The molecule has 1 N–H and O–H groups in total. The monoisotopic (exact) mass is 195 g/mol. The molecule has 1 heterocycles. The van der Waals surface area contributed by atoms with Gasteiger partial charge < -0.3 is 14.4 Å². The lowest BCUT2D eigenvalue weighted by atomic mass is 10.5. The molecule has 1 aliphatic heterocycles. The first kappa shape index (κ1) is 9.13. The van der Waals surface area contributed by atoms with Crippen LogP contribution in [0.4, 0.5) is 0 Å². The lowest BCUT2D eigenvalue weighted by Gasteiger charge is -2.22. The van der Waals surface area contributed by atoms with Crippen LogP contribution in [0.1, 0.15) is 6.42 Å². The molecule has 1 saturated heterocycles. The molecule has 0 aromatic rings. The fourth-order valence-electron chi connectivity index (χ4n) is 0.720. The second kappa shape index (κ2) is 3.63. The molecule has 0 spiro atoms. The fraction of sp³-hybridized carbons (Fsp3) is 0.800. The molecule has 0 amide bonds. The van der Waals surface area contributed by atoms with Gasteiger partial charge in [0.15, 0.2) is 4.73 Å². The lowest BCUT2D eigenvalue weighted by Crippen LogP contribution is -2.22. The molecule has 0 radical (unpaired) electrons. The SMILES string of the molecule is CNC(=S)P1(=O)OCCCO1. The van der Waals surface area contributed by atoms with Crippen molar-refractivity contribution in [2.45, 2.75) is 6.42 Å². The Balaban J connectivity index is 2.64. The van der Waals surface area contributed by atoms with Crippen molar-refractivity contribution in [2.75, 3.05) is 20.3 Å². The van der Waals surface area contributed by atoms with Crippen LogP contribution < -0.4 is 5.32 Å². The highest BCUT2D eigenvalue weighted by molar-refractivity contribution is 7.97. The van der Waals surface area contributed by atoms with E-state index >= 15 is 0 Å². The molecule has 1 fully saturated rings. The third-order valence-electron chi connectivity index (χ3n) is 1.27. The lowest BCUT2D eigenvalue weighted by molar-refractivity contribution is 0.156. The highest BCUT2D eigenvalue weighted by Gasteiger charge is 2.32. The number of rotatable bonds is 1. The van der Waals surface area contributed by atoms with Crippen molar-refractivity contribution in [3.63, 3.8) is 0 Å². The van der Waals surface area contributed by atoms with Crippen molar-refractivity contribution >= 4 is 24.5 Å². The van der Waals surface area contributed by atoms with Gasteiger partial charge >= 0.3 is 7.60 Å². The maximum absolute atomic E-state index is 11.5.